The van der Waals surface area contributed by atoms with Gasteiger partial charge in [0.1, 0.15) is 5.75 Å². The number of benzene rings is 2. The summed E-state index contributed by atoms with van der Waals surface area (Å²) >= 11 is 5.99. The second-order valence-corrected chi connectivity index (χ2v) is 6.19. The first-order chi connectivity index (χ1) is 12.1. The Labute approximate surface area is 151 Å². The van der Waals surface area contributed by atoms with Gasteiger partial charge in [-0.2, -0.15) is 0 Å². The molecule has 0 spiro atoms. The molecular weight excluding hydrogens is 340 g/mol. The fourth-order valence-electron chi connectivity index (χ4n) is 2.79. The summed E-state index contributed by atoms with van der Waals surface area (Å²) in [5.41, 5.74) is 1.39. The van der Waals surface area contributed by atoms with E-state index in [-0.39, 0.29) is 30.8 Å². The lowest BCUT2D eigenvalue weighted by molar-refractivity contribution is -0.121. The summed E-state index contributed by atoms with van der Waals surface area (Å²) in [5.74, 6) is 0.419. The third kappa shape index (κ3) is 4.31. The molecule has 0 unspecified atom stereocenters. The standard InChI is InChI=1S/C19H19ClN2O3/c20-15-7-3-1-5-13(15)19(24)21-11-9-18(23)22-16-10-12-25-17-8-4-2-6-14(16)17/h1-8,16H,9-12H2,(H,21,24)(H,22,23)/t16-/m0/s1. The van der Waals surface area contributed by atoms with Crippen molar-refractivity contribution in [3.8, 4) is 5.75 Å². The van der Waals surface area contributed by atoms with Gasteiger partial charge < -0.3 is 15.4 Å². The van der Waals surface area contributed by atoms with Crippen molar-refractivity contribution in [1.29, 1.82) is 0 Å². The average Bonchev–Trinajstić information content (AvgIpc) is 2.62. The molecule has 0 saturated heterocycles. The Balaban J connectivity index is 1.49. The molecule has 130 valence electrons. The second-order valence-electron chi connectivity index (χ2n) is 5.78. The van der Waals surface area contributed by atoms with Crippen LogP contribution in [-0.2, 0) is 4.79 Å². The molecule has 2 N–H and O–H groups in total. The summed E-state index contributed by atoms with van der Waals surface area (Å²) in [7, 11) is 0. The number of rotatable bonds is 5. The first kappa shape index (κ1) is 17.3. The van der Waals surface area contributed by atoms with Gasteiger partial charge >= 0.3 is 0 Å². The van der Waals surface area contributed by atoms with Crippen molar-refractivity contribution < 1.29 is 14.3 Å². The monoisotopic (exact) mass is 358 g/mol. The number of hydrogen-bond donors (Lipinski definition) is 2. The Hall–Kier alpha value is -2.53. The molecule has 1 aliphatic heterocycles. The molecule has 1 aliphatic rings. The SMILES string of the molecule is O=C(CCNC(=O)c1ccccc1Cl)N[C@H]1CCOc2ccccc21. The first-order valence-electron chi connectivity index (χ1n) is 8.19. The van der Waals surface area contributed by atoms with Crippen molar-refractivity contribution in [2.24, 2.45) is 0 Å². The van der Waals surface area contributed by atoms with Gasteiger partial charge in [-0.1, -0.05) is 41.9 Å². The fourth-order valence-corrected chi connectivity index (χ4v) is 3.01. The van der Waals surface area contributed by atoms with E-state index in [1.54, 1.807) is 24.3 Å². The molecule has 3 rings (SSSR count). The van der Waals surface area contributed by atoms with Crippen LogP contribution in [0.25, 0.3) is 0 Å². The first-order valence-corrected chi connectivity index (χ1v) is 8.57. The van der Waals surface area contributed by atoms with Crippen LogP contribution in [0.3, 0.4) is 0 Å². The van der Waals surface area contributed by atoms with Crippen LogP contribution < -0.4 is 15.4 Å². The van der Waals surface area contributed by atoms with Crippen molar-refractivity contribution in [2.75, 3.05) is 13.2 Å². The number of carbonyl (C=O) groups is 2. The maximum Gasteiger partial charge on any atom is 0.252 e. The van der Waals surface area contributed by atoms with E-state index in [9.17, 15) is 9.59 Å². The zero-order valence-corrected chi connectivity index (χ0v) is 14.4. The lowest BCUT2D eigenvalue weighted by atomic mass is 10.0. The van der Waals surface area contributed by atoms with Crippen LogP contribution in [0.5, 0.6) is 5.75 Å². The molecule has 2 aromatic carbocycles. The topological polar surface area (TPSA) is 67.4 Å². The van der Waals surface area contributed by atoms with Crippen LogP contribution in [0, 0.1) is 0 Å². The molecule has 2 amide bonds. The Kier molecular flexibility index (Phi) is 5.56. The molecule has 2 aromatic rings. The number of nitrogens with one attached hydrogen (secondary N) is 2. The lowest BCUT2D eigenvalue weighted by Gasteiger charge is -2.26. The smallest absolute Gasteiger partial charge is 0.252 e. The number of ether oxygens (including phenoxy) is 1. The van der Waals surface area contributed by atoms with Gasteiger partial charge in [-0.3, -0.25) is 9.59 Å². The predicted octanol–water partition coefficient (Wildman–Crippen LogP) is 3.10. The van der Waals surface area contributed by atoms with Gasteiger partial charge in [-0.15, -0.1) is 0 Å². The molecule has 0 aromatic heterocycles. The third-order valence-electron chi connectivity index (χ3n) is 4.05. The van der Waals surface area contributed by atoms with Crippen molar-refractivity contribution in [2.45, 2.75) is 18.9 Å². The van der Waals surface area contributed by atoms with E-state index in [0.717, 1.165) is 17.7 Å². The van der Waals surface area contributed by atoms with E-state index in [1.807, 2.05) is 24.3 Å². The maximum atomic E-state index is 12.2. The highest BCUT2D eigenvalue weighted by Gasteiger charge is 2.22. The van der Waals surface area contributed by atoms with E-state index in [4.69, 9.17) is 16.3 Å². The molecule has 0 fully saturated rings. The number of hydrogen-bond acceptors (Lipinski definition) is 3. The lowest BCUT2D eigenvalue weighted by Crippen LogP contribution is -2.35. The Morgan fingerprint density at radius 3 is 2.72 bits per heavy atom. The van der Waals surface area contributed by atoms with Crippen LogP contribution in [0.2, 0.25) is 5.02 Å². The van der Waals surface area contributed by atoms with Crippen molar-refractivity contribution >= 4 is 23.4 Å². The number of amides is 2. The largest absolute Gasteiger partial charge is 0.493 e. The maximum absolute atomic E-state index is 12.2. The highest BCUT2D eigenvalue weighted by Crippen LogP contribution is 2.31. The molecule has 1 heterocycles. The Bertz CT molecular complexity index is 779. The van der Waals surface area contributed by atoms with Gasteiger partial charge in [0.05, 0.1) is 23.2 Å². The fraction of sp³-hybridized carbons (Fsp3) is 0.263. The summed E-state index contributed by atoms with van der Waals surface area (Å²) < 4.78 is 5.59. The minimum absolute atomic E-state index is 0.0586. The molecule has 5 nitrogen and oxygen atoms in total. The number of fused-ring (bicyclic) bond motifs is 1. The Morgan fingerprint density at radius 1 is 1.12 bits per heavy atom. The summed E-state index contributed by atoms with van der Waals surface area (Å²) in [6, 6.07) is 14.5. The highest BCUT2D eigenvalue weighted by molar-refractivity contribution is 6.33. The zero-order chi connectivity index (χ0) is 17.6. The van der Waals surface area contributed by atoms with Crippen molar-refractivity contribution in [3.63, 3.8) is 0 Å². The molecule has 1 atom stereocenters. The van der Waals surface area contributed by atoms with Gasteiger partial charge in [-0.05, 0) is 18.2 Å². The van der Waals surface area contributed by atoms with E-state index >= 15 is 0 Å². The number of para-hydroxylation sites is 1. The molecule has 25 heavy (non-hydrogen) atoms. The third-order valence-corrected chi connectivity index (χ3v) is 4.38. The second kappa shape index (κ2) is 8.03. The van der Waals surface area contributed by atoms with Crippen LogP contribution in [0.1, 0.15) is 34.8 Å². The molecule has 0 aliphatic carbocycles. The highest BCUT2D eigenvalue weighted by atomic mass is 35.5. The summed E-state index contributed by atoms with van der Waals surface area (Å²) in [6.07, 6.45) is 0.935. The van der Waals surface area contributed by atoms with Crippen LogP contribution >= 0.6 is 11.6 Å². The minimum atomic E-state index is -0.283. The number of halogens is 1. The van der Waals surface area contributed by atoms with Gasteiger partial charge in [0, 0.05) is 24.9 Å². The Morgan fingerprint density at radius 2 is 1.88 bits per heavy atom. The van der Waals surface area contributed by atoms with Crippen molar-refractivity contribution in [3.05, 3.63) is 64.7 Å². The molecule has 0 radical (unpaired) electrons. The van der Waals surface area contributed by atoms with Crippen molar-refractivity contribution in [1.82, 2.24) is 10.6 Å². The predicted molar refractivity (Wildman–Crippen MR) is 95.8 cm³/mol. The zero-order valence-electron chi connectivity index (χ0n) is 13.6. The molecular formula is C19H19ClN2O3. The average molecular weight is 359 g/mol. The van der Waals surface area contributed by atoms with E-state index in [1.165, 1.54) is 0 Å². The quantitative estimate of drug-likeness (QED) is 0.863. The van der Waals surface area contributed by atoms with Crippen LogP contribution in [0.15, 0.2) is 48.5 Å². The van der Waals surface area contributed by atoms with Gasteiger partial charge in [0.2, 0.25) is 5.91 Å². The molecule has 6 heteroatoms. The van der Waals surface area contributed by atoms with Gasteiger partial charge in [0.15, 0.2) is 0 Å². The van der Waals surface area contributed by atoms with E-state index in [0.29, 0.717) is 17.2 Å². The van der Waals surface area contributed by atoms with E-state index < -0.39 is 0 Å². The van der Waals surface area contributed by atoms with Crippen LogP contribution in [0.4, 0.5) is 0 Å². The van der Waals surface area contributed by atoms with Crippen LogP contribution in [-0.4, -0.2) is 25.0 Å². The summed E-state index contributed by atoms with van der Waals surface area (Å²) in [6.45, 7) is 0.825. The minimum Gasteiger partial charge on any atom is -0.493 e. The number of carbonyl (C=O) groups excluding carboxylic acids is 2. The summed E-state index contributed by atoms with van der Waals surface area (Å²) in [5, 5.41) is 6.11. The molecule has 0 bridgehead atoms. The van der Waals surface area contributed by atoms with E-state index in [2.05, 4.69) is 10.6 Å². The van der Waals surface area contributed by atoms with Gasteiger partial charge in [-0.25, -0.2) is 0 Å². The normalized spacial score (nSPS) is 15.6. The van der Waals surface area contributed by atoms with Gasteiger partial charge in [0.25, 0.3) is 5.91 Å². The summed E-state index contributed by atoms with van der Waals surface area (Å²) in [4.78, 5) is 24.2. The molecule has 0 saturated carbocycles.